The number of benzene rings is 2. The zero-order chi connectivity index (χ0) is 21.2. The van der Waals surface area contributed by atoms with Crippen molar-refractivity contribution in [1.29, 1.82) is 0 Å². The number of morpholine rings is 1. The SMILES string of the molecule is O=C(c1ccc(-c2cc3nccc(Oc4ccccc4F)c3s2)cc1)N1CCOCC1. The molecule has 2 aromatic heterocycles. The molecule has 0 unspecified atom stereocenters. The van der Waals surface area contributed by atoms with E-state index in [0.29, 0.717) is 37.6 Å². The maximum Gasteiger partial charge on any atom is 0.254 e. The Balaban J connectivity index is 1.41. The van der Waals surface area contributed by atoms with Gasteiger partial charge in [-0.3, -0.25) is 9.78 Å². The second-order valence-electron chi connectivity index (χ2n) is 7.15. The molecule has 5 rings (SSSR count). The van der Waals surface area contributed by atoms with Crippen molar-refractivity contribution >= 4 is 27.5 Å². The number of nitrogens with zero attached hydrogens (tertiary/aromatic N) is 2. The predicted octanol–water partition coefficient (Wildman–Crippen LogP) is 5.37. The molecular weight excluding hydrogens is 415 g/mol. The van der Waals surface area contributed by atoms with E-state index in [-0.39, 0.29) is 11.7 Å². The first-order chi connectivity index (χ1) is 15.2. The number of halogens is 1. The lowest BCUT2D eigenvalue weighted by molar-refractivity contribution is 0.0303. The molecular formula is C24H19FN2O3S. The van der Waals surface area contributed by atoms with Crippen LogP contribution in [0.2, 0.25) is 0 Å². The van der Waals surface area contributed by atoms with E-state index in [1.807, 2.05) is 35.2 Å². The molecule has 3 heterocycles. The van der Waals surface area contributed by atoms with Gasteiger partial charge >= 0.3 is 0 Å². The molecule has 31 heavy (non-hydrogen) atoms. The van der Waals surface area contributed by atoms with E-state index in [0.717, 1.165) is 20.7 Å². The van der Waals surface area contributed by atoms with E-state index < -0.39 is 5.82 Å². The van der Waals surface area contributed by atoms with Crippen LogP contribution in [-0.4, -0.2) is 42.1 Å². The number of amides is 1. The molecule has 0 N–H and O–H groups in total. The Morgan fingerprint density at radius 1 is 1.03 bits per heavy atom. The molecule has 0 bridgehead atoms. The van der Waals surface area contributed by atoms with Crippen LogP contribution in [0.25, 0.3) is 20.7 Å². The quantitative estimate of drug-likeness (QED) is 0.434. The fourth-order valence-electron chi connectivity index (χ4n) is 3.51. The fraction of sp³-hybridized carbons (Fsp3) is 0.167. The lowest BCUT2D eigenvalue weighted by Crippen LogP contribution is -2.40. The number of fused-ring (bicyclic) bond motifs is 1. The van der Waals surface area contributed by atoms with Crippen molar-refractivity contribution in [2.75, 3.05) is 26.3 Å². The molecule has 4 aromatic rings. The minimum absolute atomic E-state index is 0.0217. The first kappa shape index (κ1) is 19.7. The lowest BCUT2D eigenvalue weighted by Gasteiger charge is -2.26. The van der Waals surface area contributed by atoms with E-state index in [1.54, 1.807) is 30.5 Å². The summed E-state index contributed by atoms with van der Waals surface area (Å²) in [6, 6.07) is 17.6. The van der Waals surface area contributed by atoms with Crippen molar-refractivity contribution in [2.24, 2.45) is 0 Å². The lowest BCUT2D eigenvalue weighted by atomic mass is 10.1. The van der Waals surface area contributed by atoms with Crippen molar-refractivity contribution in [3.05, 3.63) is 78.2 Å². The van der Waals surface area contributed by atoms with Gasteiger partial charge in [0.1, 0.15) is 5.75 Å². The highest BCUT2D eigenvalue weighted by molar-refractivity contribution is 7.22. The number of pyridine rings is 1. The summed E-state index contributed by atoms with van der Waals surface area (Å²) < 4.78 is 26.0. The van der Waals surface area contributed by atoms with Gasteiger partial charge in [-0.25, -0.2) is 4.39 Å². The number of carbonyl (C=O) groups is 1. The summed E-state index contributed by atoms with van der Waals surface area (Å²) in [7, 11) is 0. The first-order valence-electron chi connectivity index (χ1n) is 9.97. The molecule has 1 amide bonds. The van der Waals surface area contributed by atoms with Gasteiger partial charge in [-0.15, -0.1) is 11.3 Å². The number of para-hydroxylation sites is 1. The molecule has 5 nitrogen and oxygen atoms in total. The van der Waals surface area contributed by atoms with Gasteiger partial charge in [0.05, 0.1) is 23.4 Å². The van der Waals surface area contributed by atoms with Crippen molar-refractivity contribution in [3.8, 4) is 21.9 Å². The number of rotatable bonds is 4. The summed E-state index contributed by atoms with van der Waals surface area (Å²) >= 11 is 1.52. The Labute approximate surface area is 182 Å². The molecule has 7 heteroatoms. The maximum atomic E-state index is 14.0. The molecule has 1 aliphatic rings. The number of carbonyl (C=O) groups excluding carboxylic acids is 1. The van der Waals surface area contributed by atoms with Crippen LogP contribution < -0.4 is 4.74 Å². The van der Waals surface area contributed by atoms with E-state index in [2.05, 4.69) is 4.98 Å². The smallest absolute Gasteiger partial charge is 0.254 e. The summed E-state index contributed by atoms with van der Waals surface area (Å²) in [6.45, 7) is 2.40. The Morgan fingerprint density at radius 2 is 1.81 bits per heavy atom. The van der Waals surface area contributed by atoms with Gasteiger partial charge in [-0.2, -0.15) is 0 Å². The van der Waals surface area contributed by atoms with Gasteiger partial charge in [0, 0.05) is 35.8 Å². The second-order valence-corrected chi connectivity index (χ2v) is 8.20. The zero-order valence-corrected chi connectivity index (χ0v) is 17.4. The number of thiophene rings is 1. The summed E-state index contributed by atoms with van der Waals surface area (Å²) in [4.78, 5) is 19.9. The van der Waals surface area contributed by atoms with Crippen molar-refractivity contribution in [1.82, 2.24) is 9.88 Å². The number of aromatic nitrogens is 1. The third-order valence-corrected chi connectivity index (χ3v) is 6.33. The van der Waals surface area contributed by atoms with Gasteiger partial charge in [0.15, 0.2) is 11.6 Å². The molecule has 156 valence electrons. The molecule has 0 aliphatic carbocycles. The molecule has 2 aromatic carbocycles. The normalized spacial score (nSPS) is 14.0. The van der Waals surface area contributed by atoms with E-state index in [9.17, 15) is 9.18 Å². The van der Waals surface area contributed by atoms with E-state index >= 15 is 0 Å². The largest absolute Gasteiger partial charge is 0.453 e. The van der Waals surface area contributed by atoms with Crippen LogP contribution in [0.1, 0.15) is 10.4 Å². The summed E-state index contributed by atoms with van der Waals surface area (Å²) in [5.74, 6) is 0.347. The van der Waals surface area contributed by atoms with Crippen LogP contribution in [0.15, 0.2) is 66.9 Å². The number of hydrogen-bond acceptors (Lipinski definition) is 5. The number of ether oxygens (including phenoxy) is 2. The molecule has 0 spiro atoms. The summed E-state index contributed by atoms with van der Waals surface area (Å²) in [5.41, 5.74) is 2.43. The highest BCUT2D eigenvalue weighted by atomic mass is 32.1. The third kappa shape index (κ3) is 4.02. The maximum absolute atomic E-state index is 14.0. The minimum atomic E-state index is -0.412. The Hall–Kier alpha value is -3.29. The molecule has 1 aliphatic heterocycles. The molecule has 1 saturated heterocycles. The van der Waals surface area contributed by atoms with Crippen molar-refractivity contribution in [2.45, 2.75) is 0 Å². The molecule has 0 saturated carbocycles. The van der Waals surface area contributed by atoms with E-state index in [1.165, 1.54) is 17.4 Å². The minimum Gasteiger partial charge on any atom is -0.453 e. The van der Waals surface area contributed by atoms with Crippen LogP contribution in [0.5, 0.6) is 11.5 Å². The van der Waals surface area contributed by atoms with Gasteiger partial charge in [0.25, 0.3) is 5.91 Å². The molecule has 1 fully saturated rings. The van der Waals surface area contributed by atoms with Crippen LogP contribution in [0, 0.1) is 5.82 Å². The van der Waals surface area contributed by atoms with Crippen LogP contribution in [0.4, 0.5) is 4.39 Å². The fourth-order valence-corrected chi connectivity index (χ4v) is 4.58. The molecule has 0 radical (unpaired) electrons. The highest BCUT2D eigenvalue weighted by Gasteiger charge is 2.19. The molecule has 0 atom stereocenters. The van der Waals surface area contributed by atoms with Gasteiger partial charge in [0.2, 0.25) is 0 Å². The van der Waals surface area contributed by atoms with E-state index in [4.69, 9.17) is 9.47 Å². The Bertz CT molecular complexity index is 1230. The van der Waals surface area contributed by atoms with Crippen LogP contribution in [-0.2, 0) is 4.74 Å². The Morgan fingerprint density at radius 3 is 2.58 bits per heavy atom. The standard InChI is InChI=1S/C24H19FN2O3S/c25-18-3-1-2-4-20(18)30-21-9-10-26-19-15-22(31-23(19)21)16-5-7-17(8-6-16)24(28)27-11-13-29-14-12-27/h1-10,15H,11-14H2. The number of hydrogen-bond donors (Lipinski definition) is 0. The Kier molecular flexibility index (Phi) is 5.36. The van der Waals surface area contributed by atoms with Gasteiger partial charge < -0.3 is 14.4 Å². The van der Waals surface area contributed by atoms with Crippen LogP contribution >= 0.6 is 11.3 Å². The second kappa shape index (κ2) is 8.45. The van der Waals surface area contributed by atoms with Crippen LogP contribution in [0.3, 0.4) is 0 Å². The predicted molar refractivity (Wildman–Crippen MR) is 118 cm³/mol. The third-order valence-electron chi connectivity index (χ3n) is 5.15. The van der Waals surface area contributed by atoms with Gasteiger partial charge in [-0.05, 0) is 35.9 Å². The monoisotopic (exact) mass is 434 g/mol. The van der Waals surface area contributed by atoms with Crippen molar-refractivity contribution in [3.63, 3.8) is 0 Å². The van der Waals surface area contributed by atoms with Crippen molar-refractivity contribution < 1.29 is 18.7 Å². The highest BCUT2D eigenvalue weighted by Crippen LogP contribution is 2.39. The first-order valence-corrected chi connectivity index (χ1v) is 10.8. The van der Waals surface area contributed by atoms with Gasteiger partial charge in [-0.1, -0.05) is 24.3 Å². The summed E-state index contributed by atoms with van der Waals surface area (Å²) in [5, 5.41) is 0. The zero-order valence-electron chi connectivity index (χ0n) is 16.6. The average molecular weight is 434 g/mol. The summed E-state index contributed by atoms with van der Waals surface area (Å²) in [6.07, 6.45) is 1.65. The average Bonchev–Trinajstić information content (AvgIpc) is 3.26. The topological polar surface area (TPSA) is 51.7 Å².